The Morgan fingerprint density at radius 3 is 2.31 bits per heavy atom. The molecular weight excluding hydrogens is 164 g/mol. The van der Waals surface area contributed by atoms with E-state index < -0.39 is 0 Å². The molecule has 2 nitrogen and oxygen atoms in total. The topological polar surface area (TPSA) is 32.8 Å². The molecule has 0 bridgehead atoms. The maximum absolute atomic E-state index is 8.85. The zero-order valence-electron chi connectivity index (χ0n) is 7.95. The third-order valence-corrected chi connectivity index (χ3v) is 2.33. The van der Waals surface area contributed by atoms with Crippen LogP contribution in [0.2, 0.25) is 0 Å². The van der Waals surface area contributed by atoms with Gasteiger partial charge in [-0.05, 0) is 19.4 Å². The van der Waals surface area contributed by atoms with Gasteiger partial charge >= 0.3 is 0 Å². The molecule has 1 aromatic carbocycles. The van der Waals surface area contributed by atoms with Crippen LogP contribution in [-0.2, 0) is 4.74 Å². The molecule has 1 aliphatic heterocycles. The van der Waals surface area contributed by atoms with Crippen LogP contribution >= 0.6 is 0 Å². The van der Waals surface area contributed by atoms with E-state index in [0.29, 0.717) is 0 Å². The van der Waals surface area contributed by atoms with Crippen LogP contribution in [0.4, 0.5) is 0 Å². The number of rotatable bonds is 2. The normalized spacial score (nSPS) is 26.1. The summed E-state index contributed by atoms with van der Waals surface area (Å²) in [7, 11) is 0. The molecule has 1 aliphatic rings. The van der Waals surface area contributed by atoms with Crippen molar-refractivity contribution in [1.82, 2.24) is 0 Å². The second-order valence-corrected chi connectivity index (χ2v) is 3.70. The van der Waals surface area contributed by atoms with E-state index in [1.165, 1.54) is 16.7 Å². The van der Waals surface area contributed by atoms with E-state index in [0.717, 1.165) is 0 Å². The predicted octanol–water partition coefficient (Wildman–Crippen LogP) is 1.74. The molecule has 1 aromatic rings. The summed E-state index contributed by atoms with van der Waals surface area (Å²) in [4.78, 5) is 0. The van der Waals surface area contributed by atoms with Gasteiger partial charge < -0.3 is 9.84 Å². The van der Waals surface area contributed by atoms with Crippen molar-refractivity contribution >= 4 is 0 Å². The SMILES string of the molecule is Cc1cc(C)cc(C2OC2CO)c1. The lowest BCUT2D eigenvalue weighted by Gasteiger charge is -2.01. The third kappa shape index (κ3) is 1.74. The van der Waals surface area contributed by atoms with E-state index in [1.807, 2.05) is 0 Å². The highest BCUT2D eigenvalue weighted by Gasteiger charge is 2.39. The van der Waals surface area contributed by atoms with Crippen molar-refractivity contribution in [1.29, 1.82) is 0 Å². The van der Waals surface area contributed by atoms with Crippen molar-refractivity contribution in [2.45, 2.75) is 26.1 Å². The molecule has 13 heavy (non-hydrogen) atoms. The Labute approximate surface area is 78.2 Å². The molecule has 2 unspecified atom stereocenters. The first-order valence-electron chi connectivity index (χ1n) is 4.55. The van der Waals surface area contributed by atoms with Crippen molar-refractivity contribution in [3.05, 3.63) is 34.9 Å². The Balaban J connectivity index is 2.22. The second-order valence-electron chi connectivity index (χ2n) is 3.70. The summed E-state index contributed by atoms with van der Waals surface area (Å²) < 4.78 is 5.31. The fourth-order valence-corrected chi connectivity index (χ4v) is 1.75. The minimum Gasteiger partial charge on any atom is -0.394 e. The van der Waals surface area contributed by atoms with Crippen LogP contribution in [0.15, 0.2) is 18.2 Å². The summed E-state index contributed by atoms with van der Waals surface area (Å²) in [6, 6.07) is 6.38. The van der Waals surface area contributed by atoms with Gasteiger partial charge in [0.05, 0.1) is 6.61 Å². The summed E-state index contributed by atoms with van der Waals surface area (Å²) in [5, 5.41) is 8.85. The summed E-state index contributed by atoms with van der Waals surface area (Å²) in [6.07, 6.45) is 0.157. The molecule has 0 spiro atoms. The molecule has 0 aliphatic carbocycles. The Hall–Kier alpha value is -0.860. The Kier molecular flexibility index (Phi) is 2.10. The number of aliphatic hydroxyl groups excluding tert-OH is 1. The molecule has 2 rings (SSSR count). The number of aliphatic hydroxyl groups is 1. The predicted molar refractivity (Wildman–Crippen MR) is 50.6 cm³/mol. The van der Waals surface area contributed by atoms with Crippen molar-refractivity contribution in [2.24, 2.45) is 0 Å². The Morgan fingerprint density at radius 2 is 1.85 bits per heavy atom. The standard InChI is InChI=1S/C11H14O2/c1-7-3-8(2)5-9(4-7)11-10(6-12)13-11/h3-5,10-12H,6H2,1-2H3. The lowest BCUT2D eigenvalue weighted by molar-refractivity contribution is 0.242. The van der Waals surface area contributed by atoms with Gasteiger partial charge in [-0.3, -0.25) is 0 Å². The highest BCUT2D eigenvalue weighted by atomic mass is 16.6. The molecule has 1 saturated heterocycles. The van der Waals surface area contributed by atoms with Gasteiger partial charge in [0.15, 0.2) is 0 Å². The first kappa shape index (κ1) is 8.73. The number of ether oxygens (including phenoxy) is 1. The van der Waals surface area contributed by atoms with E-state index in [9.17, 15) is 0 Å². The smallest absolute Gasteiger partial charge is 0.112 e. The highest BCUT2D eigenvalue weighted by Crippen LogP contribution is 2.38. The van der Waals surface area contributed by atoms with E-state index in [2.05, 4.69) is 32.0 Å². The fraction of sp³-hybridized carbons (Fsp3) is 0.455. The minimum absolute atomic E-state index is 0.0289. The summed E-state index contributed by atoms with van der Waals surface area (Å²) in [5.41, 5.74) is 3.70. The molecule has 1 fully saturated rings. The van der Waals surface area contributed by atoms with Crippen molar-refractivity contribution in [3.63, 3.8) is 0 Å². The first-order chi connectivity index (χ1) is 6.20. The molecule has 0 radical (unpaired) electrons. The van der Waals surface area contributed by atoms with Gasteiger partial charge in [0.1, 0.15) is 12.2 Å². The quantitative estimate of drug-likeness (QED) is 0.700. The van der Waals surface area contributed by atoms with Gasteiger partial charge in [-0.2, -0.15) is 0 Å². The number of benzene rings is 1. The van der Waals surface area contributed by atoms with Crippen molar-refractivity contribution in [3.8, 4) is 0 Å². The second kappa shape index (κ2) is 3.13. The largest absolute Gasteiger partial charge is 0.394 e. The Morgan fingerprint density at radius 1 is 1.23 bits per heavy atom. The zero-order valence-corrected chi connectivity index (χ0v) is 7.95. The van der Waals surface area contributed by atoms with Gasteiger partial charge in [0, 0.05) is 0 Å². The molecule has 1 heterocycles. The van der Waals surface area contributed by atoms with E-state index in [-0.39, 0.29) is 18.8 Å². The van der Waals surface area contributed by atoms with Crippen LogP contribution < -0.4 is 0 Å². The van der Waals surface area contributed by atoms with Gasteiger partial charge in [-0.1, -0.05) is 29.3 Å². The van der Waals surface area contributed by atoms with Gasteiger partial charge in [0.25, 0.3) is 0 Å². The summed E-state index contributed by atoms with van der Waals surface area (Å²) in [5.74, 6) is 0. The minimum atomic E-state index is 0.0289. The van der Waals surface area contributed by atoms with Crippen LogP contribution in [0.5, 0.6) is 0 Å². The van der Waals surface area contributed by atoms with Crippen LogP contribution in [0.1, 0.15) is 22.8 Å². The number of hydrogen-bond donors (Lipinski definition) is 1. The molecule has 2 heteroatoms. The van der Waals surface area contributed by atoms with Crippen LogP contribution in [0.3, 0.4) is 0 Å². The Bertz CT molecular complexity index is 300. The fourth-order valence-electron chi connectivity index (χ4n) is 1.75. The monoisotopic (exact) mass is 178 g/mol. The van der Waals surface area contributed by atoms with Gasteiger partial charge in [-0.15, -0.1) is 0 Å². The number of aryl methyl sites for hydroxylation is 2. The van der Waals surface area contributed by atoms with Crippen LogP contribution in [-0.4, -0.2) is 17.8 Å². The van der Waals surface area contributed by atoms with Gasteiger partial charge in [-0.25, -0.2) is 0 Å². The average Bonchev–Trinajstić information content (AvgIpc) is 2.80. The average molecular weight is 178 g/mol. The van der Waals surface area contributed by atoms with E-state index >= 15 is 0 Å². The molecule has 0 amide bonds. The van der Waals surface area contributed by atoms with Crippen LogP contribution in [0.25, 0.3) is 0 Å². The molecule has 2 atom stereocenters. The third-order valence-electron chi connectivity index (χ3n) is 2.33. The summed E-state index contributed by atoms with van der Waals surface area (Å²) >= 11 is 0. The molecular formula is C11H14O2. The molecule has 0 saturated carbocycles. The lowest BCUT2D eigenvalue weighted by atomic mass is 10.0. The molecule has 1 N–H and O–H groups in total. The lowest BCUT2D eigenvalue weighted by Crippen LogP contribution is -1.95. The van der Waals surface area contributed by atoms with E-state index in [4.69, 9.17) is 9.84 Å². The maximum Gasteiger partial charge on any atom is 0.112 e. The summed E-state index contributed by atoms with van der Waals surface area (Å²) in [6.45, 7) is 4.28. The van der Waals surface area contributed by atoms with E-state index in [1.54, 1.807) is 0 Å². The first-order valence-corrected chi connectivity index (χ1v) is 4.55. The zero-order chi connectivity index (χ0) is 9.42. The van der Waals surface area contributed by atoms with Crippen molar-refractivity contribution in [2.75, 3.05) is 6.61 Å². The maximum atomic E-state index is 8.85. The highest BCUT2D eigenvalue weighted by molar-refractivity contribution is 5.32. The molecule has 70 valence electrons. The van der Waals surface area contributed by atoms with Crippen molar-refractivity contribution < 1.29 is 9.84 Å². The number of hydrogen-bond acceptors (Lipinski definition) is 2. The van der Waals surface area contributed by atoms with Crippen LogP contribution in [0, 0.1) is 13.8 Å². The number of epoxide rings is 1. The molecule has 0 aromatic heterocycles. The van der Waals surface area contributed by atoms with Gasteiger partial charge in [0.2, 0.25) is 0 Å².